The highest BCUT2D eigenvalue weighted by Gasteiger charge is 2.30. The number of thioether (sulfide) groups is 1. The molecule has 5 nitrogen and oxygen atoms in total. The van der Waals surface area contributed by atoms with Crippen LogP contribution < -0.4 is 10.1 Å². The zero-order valence-electron chi connectivity index (χ0n) is 16.0. The summed E-state index contributed by atoms with van der Waals surface area (Å²) in [5.74, 6) is 1.39. The molecule has 0 heterocycles. The largest absolute Gasteiger partial charge is 0.497 e. The highest BCUT2D eigenvalue weighted by Crippen LogP contribution is 2.29. The number of amides is 1. The first-order valence-electron chi connectivity index (χ1n) is 9.17. The summed E-state index contributed by atoms with van der Waals surface area (Å²) in [6.45, 7) is 6.03. The quantitative estimate of drug-likeness (QED) is 0.579. The summed E-state index contributed by atoms with van der Waals surface area (Å²) < 4.78 is 10.4. The topological polar surface area (TPSA) is 64.6 Å². The minimum absolute atomic E-state index is 0.167. The Morgan fingerprint density at radius 3 is 2.58 bits per heavy atom. The maximum absolute atomic E-state index is 12.3. The number of methoxy groups -OCH3 is 1. The van der Waals surface area contributed by atoms with E-state index >= 15 is 0 Å². The number of esters is 1. The molecule has 0 spiro atoms. The van der Waals surface area contributed by atoms with Crippen LogP contribution in [0.25, 0.3) is 0 Å². The maximum Gasteiger partial charge on any atom is 0.317 e. The lowest BCUT2D eigenvalue weighted by Gasteiger charge is -2.35. The van der Waals surface area contributed by atoms with Crippen molar-refractivity contribution in [3.63, 3.8) is 0 Å². The lowest BCUT2D eigenvalue weighted by molar-refractivity contribution is -0.152. The molecule has 0 bridgehead atoms. The molecule has 1 saturated carbocycles. The van der Waals surface area contributed by atoms with Crippen molar-refractivity contribution in [2.45, 2.75) is 57.1 Å². The van der Waals surface area contributed by atoms with Crippen LogP contribution in [-0.2, 0) is 14.3 Å². The molecule has 6 heteroatoms. The molecule has 1 aliphatic carbocycles. The van der Waals surface area contributed by atoms with E-state index in [0.717, 1.165) is 23.5 Å². The second-order valence-corrected chi connectivity index (χ2v) is 8.03. The SMILES string of the molecule is COc1ccc(SCC(=O)O[C@H](C)C(=O)N[C@@H]2CCC[C@@H](C)[C@H]2C)cc1. The van der Waals surface area contributed by atoms with Gasteiger partial charge in [0.25, 0.3) is 5.91 Å². The van der Waals surface area contributed by atoms with Crippen LogP contribution >= 0.6 is 11.8 Å². The Labute approximate surface area is 160 Å². The predicted octanol–water partition coefficient (Wildman–Crippen LogP) is 3.66. The summed E-state index contributed by atoms with van der Waals surface area (Å²) in [5, 5.41) is 3.05. The van der Waals surface area contributed by atoms with Crippen molar-refractivity contribution in [1.82, 2.24) is 5.32 Å². The number of hydrogen-bond acceptors (Lipinski definition) is 5. The number of carbonyl (C=O) groups is 2. The fourth-order valence-corrected chi connectivity index (χ4v) is 3.87. The number of ether oxygens (including phenoxy) is 2. The molecule has 1 aliphatic rings. The molecule has 1 aromatic carbocycles. The van der Waals surface area contributed by atoms with Gasteiger partial charge in [-0.05, 0) is 49.4 Å². The van der Waals surface area contributed by atoms with E-state index in [1.165, 1.54) is 18.2 Å². The number of nitrogens with one attached hydrogen (secondary N) is 1. The second-order valence-electron chi connectivity index (χ2n) is 6.98. The molecule has 0 unspecified atom stereocenters. The predicted molar refractivity (Wildman–Crippen MR) is 103 cm³/mol. The first kappa shape index (κ1) is 20.6. The van der Waals surface area contributed by atoms with Gasteiger partial charge in [-0.2, -0.15) is 0 Å². The van der Waals surface area contributed by atoms with E-state index in [1.54, 1.807) is 14.0 Å². The summed E-state index contributed by atoms with van der Waals surface area (Å²) >= 11 is 1.38. The first-order chi connectivity index (χ1) is 12.4. The molecule has 144 valence electrons. The van der Waals surface area contributed by atoms with Crippen LogP contribution in [-0.4, -0.2) is 36.9 Å². The van der Waals surface area contributed by atoms with Gasteiger partial charge in [-0.25, -0.2) is 0 Å². The summed E-state index contributed by atoms with van der Waals surface area (Å²) in [7, 11) is 1.61. The lowest BCUT2D eigenvalue weighted by atomic mass is 9.78. The number of hydrogen-bond donors (Lipinski definition) is 1. The lowest BCUT2D eigenvalue weighted by Crippen LogP contribution is -2.47. The number of benzene rings is 1. The molecular weight excluding hydrogens is 350 g/mol. The van der Waals surface area contributed by atoms with Crippen molar-refractivity contribution in [1.29, 1.82) is 0 Å². The third-order valence-electron chi connectivity index (χ3n) is 5.13. The molecular formula is C20H29NO4S. The Hall–Kier alpha value is -1.69. The molecule has 1 amide bonds. The molecule has 1 N–H and O–H groups in total. The molecule has 2 rings (SSSR count). The Morgan fingerprint density at radius 1 is 1.23 bits per heavy atom. The van der Waals surface area contributed by atoms with Crippen LogP contribution in [0.3, 0.4) is 0 Å². The van der Waals surface area contributed by atoms with E-state index in [1.807, 2.05) is 24.3 Å². The monoisotopic (exact) mass is 379 g/mol. The van der Waals surface area contributed by atoms with Crippen LogP contribution in [0.1, 0.15) is 40.0 Å². The van der Waals surface area contributed by atoms with Crippen molar-refractivity contribution in [3.05, 3.63) is 24.3 Å². The number of rotatable bonds is 7. The molecule has 0 aromatic heterocycles. The van der Waals surface area contributed by atoms with Crippen molar-refractivity contribution in [2.75, 3.05) is 12.9 Å². The molecule has 0 radical (unpaired) electrons. The minimum atomic E-state index is -0.775. The van der Waals surface area contributed by atoms with E-state index in [9.17, 15) is 9.59 Å². The van der Waals surface area contributed by atoms with Crippen LogP contribution in [0.2, 0.25) is 0 Å². The van der Waals surface area contributed by atoms with Crippen molar-refractivity contribution < 1.29 is 19.1 Å². The van der Waals surface area contributed by atoms with Gasteiger partial charge in [0.1, 0.15) is 5.75 Å². The van der Waals surface area contributed by atoms with Gasteiger partial charge in [-0.1, -0.05) is 26.7 Å². The fraction of sp³-hybridized carbons (Fsp3) is 0.600. The molecule has 1 fully saturated rings. The van der Waals surface area contributed by atoms with E-state index in [2.05, 4.69) is 19.2 Å². The average molecular weight is 380 g/mol. The van der Waals surface area contributed by atoms with Crippen molar-refractivity contribution in [3.8, 4) is 5.75 Å². The Kier molecular flexibility index (Phi) is 7.82. The molecule has 1 aromatic rings. The zero-order valence-corrected chi connectivity index (χ0v) is 16.8. The third kappa shape index (κ3) is 5.94. The van der Waals surface area contributed by atoms with E-state index in [4.69, 9.17) is 9.47 Å². The fourth-order valence-electron chi connectivity index (χ4n) is 3.18. The van der Waals surface area contributed by atoms with Gasteiger partial charge in [0.2, 0.25) is 0 Å². The molecule has 0 saturated heterocycles. The van der Waals surface area contributed by atoms with Gasteiger partial charge in [0, 0.05) is 10.9 Å². The molecule has 26 heavy (non-hydrogen) atoms. The van der Waals surface area contributed by atoms with Gasteiger partial charge in [0.05, 0.1) is 12.9 Å². The summed E-state index contributed by atoms with van der Waals surface area (Å²) in [5.41, 5.74) is 0. The number of carbonyl (C=O) groups excluding carboxylic acids is 2. The Balaban J connectivity index is 1.75. The van der Waals surface area contributed by atoms with Gasteiger partial charge < -0.3 is 14.8 Å². The van der Waals surface area contributed by atoms with Crippen LogP contribution in [0.4, 0.5) is 0 Å². The zero-order chi connectivity index (χ0) is 19.1. The van der Waals surface area contributed by atoms with E-state index in [0.29, 0.717) is 11.8 Å². The Morgan fingerprint density at radius 2 is 1.92 bits per heavy atom. The second kappa shape index (κ2) is 9.86. The van der Waals surface area contributed by atoms with Crippen molar-refractivity contribution >= 4 is 23.6 Å². The van der Waals surface area contributed by atoms with Gasteiger partial charge in [-0.3, -0.25) is 9.59 Å². The Bertz CT molecular complexity index is 604. The van der Waals surface area contributed by atoms with E-state index < -0.39 is 12.1 Å². The minimum Gasteiger partial charge on any atom is -0.497 e. The smallest absolute Gasteiger partial charge is 0.317 e. The molecule has 4 atom stereocenters. The van der Waals surface area contributed by atoms with E-state index in [-0.39, 0.29) is 17.7 Å². The average Bonchev–Trinajstić information content (AvgIpc) is 2.64. The summed E-state index contributed by atoms with van der Waals surface area (Å²) in [6, 6.07) is 7.63. The normalized spacial score (nSPS) is 23.8. The van der Waals surface area contributed by atoms with Crippen molar-refractivity contribution in [2.24, 2.45) is 11.8 Å². The van der Waals surface area contributed by atoms with Gasteiger partial charge in [0.15, 0.2) is 6.10 Å². The first-order valence-corrected chi connectivity index (χ1v) is 10.2. The maximum atomic E-state index is 12.3. The van der Waals surface area contributed by atoms with Crippen LogP contribution in [0, 0.1) is 11.8 Å². The third-order valence-corrected chi connectivity index (χ3v) is 6.11. The van der Waals surface area contributed by atoms with Gasteiger partial charge in [-0.15, -0.1) is 11.8 Å². The summed E-state index contributed by atoms with van der Waals surface area (Å²) in [4.78, 5) is 25.3. The van der Waals surface area contributed by atoms with Gasteiger partial charge >= 0.3 is 5.97 Å². The summed E-state index contributed by atoms with van der Waals surface area (Å²) in [6.07, 6.45) is 2.55. The highest BCUT2D eigenvalue weighted by molar-refractivity contribution is 8.00. The van der Waals surface area contributed by atoms with Crippen LogP contribution in [0.5, 0.6) is 5.75 Å². The molecule has 0 aliphatic heterocycles. The standard InChI is InChI=1S/C20H29NO4S/c1-13-6-5-7-18(14(13)2)21-20(23)15(3)25-19(22)12-26-17-10-8-16(24-4)9-11-17/h8-11,13-15,18H,5-7,12H2,1-4H3,(H,21,23)/t13-,14-,15-,18-/m1/s1. The highest BCUT2D eigenvalue weighted by atomic mass is 32.2. The van der Waals surface area contributed by atoms with Crippen LogP contribution in [0.15, 0.2) is 29.2 Å².